The van der Waals surface area contributed by atoms with Crippen LogP contribution < -0.4 is 4.73 Å². The minimum absolute atomic E-state index is 1.06. The number of hydrogen-bond donors (Lipinski definition) is 1. The van der Waals surface area contributed by atoms with Crippen LogP contribution in [0.15, 0.2) is 36.7 Å². The van der Waals surface area contributed by atoms with Gasteiger partial charge in [-0.25, -0.2) is 0 Å². The van der Waals surface area contributed by atoms with Gasteiger partial charge in [0.15, 0.2) is 0 Å². The molecule has 1 aromatic heterocycles. The van der Waals surface area contributed by atoms with E-state index < -0.39 is 0 Å². The van der Waals surface area contributed by atoms with Gasteiger partial charge in [0.05, 0.1) is 5.39 Å². The van der Waals surface area contributed by atoms with Gasteiger partial charge in [0, 0.05) is 10.8 Å². The number of nitrogens with zero attached hydrogens (tertiary/aromatic N) is 1. The van der Waals surface area contributed by atoms with Crippen molar-refractivity contribution in [2.45, 2.75) is 6.92 Å². The Kier molecular flexibility index (Phi) is 1.47. The number of rotatable bonds is 0. The fraction of sp³-hybridized carbons (Fsp3) is 0.100. The molecule has 2 nitrogen and oxygen atoms in total. The van der Waals surface area contributed by atoms with Gasteiger partial charge < -0.3 is 0 Å². The van der Waals surface area contributed by atoms with Gasteiger partial charge in [0.25, 0.3) is 0 Å². The summed E-state index contributed by atoms with van der Waals surface area (Å²) < 4.78 is 1.07. The van der Waals surface area contributed by atoms with Gasteiger partial charge >= 0.3 is 0 Å². The standard InChI is InChI=1S/C10H10NO/c1-8-3-2-4-9-7-11(12)6-5-10(8)9/h2-7,12H,1H3/q+1. The molecule has 1 heterocycles. The summed E-state index contributed by atoms with van der Waals surface area (Å²) in [5.41, 5.74) is 1.23. The first-order valence-electron chi connectivity index (χ1n) is 3.87. The van der Waals surface area contributed by atoms with Crippen molar-refractivity contribution in [2.75, 3.05) is 0 Å². The van der Waals surface area contributed by atoms with Crippen LogP contribution in [0.3, 0.4) is 0 Å². The Morgan fingerprint density at radius 3 is 2.92 bits per heavy atom. The van der Waals surface area contributed by atoms with Crippen molar-refractivity contribution in [3.8, 4) is 0 Å². The fourth-order valence-corrected chi connectivity index (χ4v) is 1.38. The highest BCUT2D eigenvalue weighted by atomic mass is 16.5. The van der Waals surface area contributed by atoms with E-state index in [4.69, 9.17) is 5.21 Å². The monoisotopic (exact) mass is 160 g/mol. The molecule has 0 fully saturated rings. The molecule has 0 unspecified atom stereocenters. The Morgan fingerprint density at radius 1 is 1.25 bits per heavy atom. The van der Waals surface area contributed by atoms with E-state index in [9.17, 15) is 0 Å². The molecule has 0 aliphatic rings. The molecule has 1 aromatic carbocycles. The van der Waals surface area contributed by atoms with E-state index in [1.54, 1.807) is 12.4 Å². The van der Waals surface area contributed by atoms with Gasteiger partial charge in [0.1, 0.15) is 0 Å². The third-order valence-corrected chi connectivity index (χ3v) is 2.02. The zero-order chi connectivity index (χ0) is 8.55. The van der Waals surface area contributed by atoms with E-state index in [0.29, 0.717) is 0 Å². The third kappa shape index (κ3) is 1.01. The Balaban J connectivity index is 2.86. The lowest BCUT2D eigenvalue weighted by Crippen LogP contribution is -2.27. The first-order chi connectivity index (χ1) is 5.77. The van der Waals surface area contributed by atoms with E-state index in [1.165, 1.54) is 10.9 Å². The van der Waals surface area contributed by atoms with Crippen molar-refractivity contribution in [1.29, 1.82) is 0 Å². The highest BCUT2D eigenvalue weighted by Crippen LogP contribution is 2.14. The Morgan fingerprint density at radius 2 is 2.08 bits per heavy atom. The summed E-state index contributed by atoms with van der Waals surface area (Å²) in [7, 11) is 0. The quantitative estimate of drug-likeness (QED) is 0.460. The van der Waals surface area contributed by atoms with Gasteiger partial charge in [-0.05, 0) is 23.9 Å². The van der Waals surface area contributed by atoms with E-state index in [1.807, 2.05) is 18.2 Å². The Bertz CT molecular complexity index is 423. The van der Waals surface area contributed by atoms with Crippen LogP contribution >= 0.6 is 0 Å². The first kappa shape index (κ1) is 7.10. The van der Waals surface area contributed by atoms with Crippen molar-refractivity contribution in [3.05, 3.63) is 42.2 Å². The largest absolute Gasteiger partial charge is 0.285 e. The zero-order valence-corrected chi connectivity index (χ0v) is 6.86. The molecular weight excluding hydrogens is 150 g/mol. The van der Waals surface area contributed by atoms with Gasteiger partial charge in [-0.2, -0.15) is 0 Å². The molecule has 2 heteroatoms. The molecule has 0 atom stereocenters. The lowest BCUT2D eigenvalue weighted by molar-refractivity contribution is -0.903. The van der Waals surface area contributed by atoms with Crippen molar-refractivity contribution >= 4 is 10.8 Å². The van der Waals surface area contributed by atoms with Gasteiger partial charge in [-0.1, -0.05) is 12.1 Å². The number of pyridine rings is 1. The number of benzene rings is 1. The average Bonchev–Trinajstić information content (AvgIpc) is 2.04. The van der Waals surface area contributed by atoms with E-state index in [-0.39, 0.29) is 0 Å². The van der Waals surface area contributed by atoms with Crippen molar-refractivity contribution in [3.63, 3.8) is 0 Å². The molecule has 60 valence electrons. The molecule has 0 radical (unpaired) electrons. The summed E-state index contributed by atoms with van der Waals surface area (Å²) in [6.07, 6.45) is 3.33. The maximum atomic E-state index is 9.14. The third-order valence-electron chi connectivity index (χ3n) is 2.02. The van der Waals surface area contributed by atoms with E-state index in [0.717, 1.165) is 10.1 Å². The van der Waals surface area contributed by atoms with Gasteiger partial charge in [-0.15, -0.1) is 0 Å². The van der Waals surface area contributed by atoms with Crippen LogP contribution in [0, 0.1) is 6.92 Å². The maximum Gasteiger partial charge on any atom is 0.230 e. The second-order valence-corrected chi connectivity index (χ2v) is 2.90. The molecule has 2 aromatic rings. The summed E-state index contributed by atoms with van der Waals surface area (Å²) in [6.45, 7) is 2.06. The van der Waals surface area contributed by atoms with Crippen molar-refractivity contribution < 1.29 is 9.94 Å². The SMILES string of the molecule is Cc1cccc2c[n+](O)ccc12. The summed E-state index contributed by atoms with van der Waals surface area (Å²) in [4.78, 5) is 0. The minimum Gasteiger partial charge on any atom is -0.285 e. The molecule has 1 N–H and O–H groups in total. The number of aryl methyl sites for hydroxylation is 1. The summed E-state index contributed by atoms with van der Waals surface area (Å²) in [5, 5.41) is 11.4. The summed E-state index contributed by atoms with van der Waals surface area (Å²) >= 11 is 0. The van der Waals surface area contributed by atoms with E-state index >= 15 is 0 Å². The second kappa shape index (κ2) is 2.48. The molecule has 0 amide bonds. The van der Waals surface area contributed by atoms with Crippen LogP contribution in [0.5, 0.6) is 0 Å². The molecule has 0 spiro atoms. The maximum absolute atomic E-state index is 9.14. The first-order valence-corrected chi connectivity index (χ1v) is 3.87. The molecule has 2 rings (SSSR count). The number of fused-ring (bicyclic) bond motifs is 1. The normalized spacial score (nSPS) is 10.4. The van der Waals surface area contributed by atoms with Crippen molar-refractivity contribution in [1.82, 2.24) is 0 Å². The molecule has 0 aliphatic heterocycles. The van der Waals surface area contributed by atoms with Crippen LogP contribution in [0.1, 0.15) is 5.56 Å². The van der Waals surface area contributed by atoms with Crippen LogP contribution in [-0.4, -0.2) is 5.21 Å². The predicted octanol–water partition coefficient (Wildman–Crippen LogP) is 1.67. The molecular formula is C10H10NO+. The van der Waals surface area contributed by atoms with E-state index in [2.05, 4.69) is 13.0 Å². The molecule has 12 heavy (non-hydrogen) atoms. The molecule has 0 saturated heterocycles. The Labute approximate surface area is 70.7 Å². The zero-order valence-electron chi connectivity index (χ0n) is 6.86. The second-order valence-electron chi connectivity index (χ2n) is 2.90. The summed E-state index contributed by atoms with van der Waals surface area (Å²) in [5.74, 6) is 0. The van der Waals surface area contributed by atoms with Crippen LogP contribution in [0.25, 0.3) is 10.8 Å². The van der Waals surface area contributed by atoms with Gasteiger partial charge in [0.2, 0.25) is 12.4 Å². The molecule has 0 aliphatic carbocycles. The smallest absolute Gasteiger partial charge is 0.230 e. The topological polar surface area (TPSA) is 24.1 Å². The lowest BCUT2D eigenvalue weighted by Gasteiger charge is -1.96. The number of hydrogen-bond acceptors (Lipinski definition) is 1. The highest BCUT2D eigenvalue weighted by molar-refractivity contribution is 5.83. The molecule has 0 bridgehead atoms. The van der Waals surface area contributed by atoms with Gasteiger partial charge in [-0.3, -0.25) is 5.21 Å². The number of aromatic nitrogens is 1. The minimum atomic E-state index is 1.06. The highest BCUT2D eigenvalue weighted by Gasteiger charge is 2.01. The lowest BCUT2D eigenvalue weighted by atomic mass is 10.1. The molecule has 0 saturated carbocycles. The van der Waals surface area contributed by atoms with Crippen LogP contribution in [0.2, 0.25) is 0 Å². The fourth-order valence-electron chi connectivity index (χ4n) is 1.38. The van der Waals surface area contributed by atoms with Crippen LogP contribution in [-0.2, 0) is 0 Å². The van der Waals surface area contributed by atoms with Crippen LogP contribution in [0.4, 0.5) is 0 Å². The summed E-state index contributed by atoms with van der Waals surface area (Å²) in [6, 6.07) is 7.93. The predicted molar refractivity (Wildman–Crippen MR) is 46.1 cm³/mol. The average molecular weight is 160 g/mol. The Hall–Kier alpha value is -1.57. The van der Waals surface area contributed by atoms with Crippen molar-refractivity contribution in [2.24, 2.45) is 0 Å².